The van der Waals surface area contributed by atoms with Crippen molar-refractivity contribution >= 4 is 17.9 Å². The number of nitrogens with one attached hydrogen (secondary N) is 3. The fourth-order valence-electron chi connectivity index (χ4n) is 1.54. The lowest BCUT2D eigenvalue weighted by Gasteiger charge is -2.15. The summed E-state index contributed by atoms with van der Waals surface area (Å²) in [5, 5.41) is 16.2. The van der Waals surface area contributed by atoms with Crippen LogP contribution in [-0.4, -0.2) is 36.1 Å². The second-order valence-electron chi connectivity index (χ2n) is 3.96. The first-order valence-electron chi connectivity index (χ1n) is 6.13. The summed E-state index contributed by atoms with van der Waals surface area (Å²) in [6, 6.07) is 6.43. The maximum absolute atomic E-state index is 11.6. The maximum atomic E-state index is 11.6. The fraction of sp³-hybridized carbons (Fsp3) is 0.308. The van der Waals surface area contributed by atoms with Gasteiger partial charge in [-0.2, -0.15) is 0 Å². The third kappa shape index (κ3) is 4.97. The lowest BCUT2D eigenvalue weighted by Crippen LogP contribution is -2.44. The fourth-order valence-corrected chi connectivity index (χ4v) is 1.54. The average Bonchev–Trinajstić information content (AvgIpc) is 2.43. The van der Waals surface area contributed by atoms with Gasteiger partial charge in [0, 0.05) is 6.54 Å². The number of rotatable bonds is 6. The SMILES string of the molecule is CCNC(=O)CNC(=O)N[C@H](C(=O)O)c1ccccc1. The molecule has 0 spiro atoms. The Morgan fingerprint density at radius 1 is 1.15 bits per heavy atom. The molecule has 0 bridgehead atoms. The van der Waals surface area contributed by atoms with Gasteiger partial charge < -0.3 is 21.1 Å². The number of benzene rings is 1. The summed E-state index contributed by atoms with van der Waals surface area (Å²) in [6.07, 6.45) is 0. The highest BCUT2D eigenvalue weighted by atomic mass is 16.4. The van der Waals surface area contributed by atoms with E-state index in [1.54, 1.807) is 37.3 Å². The molecular weight excluding hydrogens is 262 g/mol. The molecule has 0 aliphatic heterocycles. The minimum Gasteiger partial charge on any atom is -0.479 e. The van der Waals surface area contributed by atoms with Gasteiger partial charge in [0.1, 0.15) is 0 Å². The Bertz CT molecular complexity index is 476. The van der Waals surface area contributed by atoms with Crippen LogP contribution in [0.4, 0.5) is 4.79 Å². The van der Waals surface area contributed by atoms with E-state index in [1.165, 1.54) is 0 Å². The van der Waals surface area contributed by atoms with Crippen molar-refractivity contribution in [1.82, 2.24) is 16.0 Å². The van der Waals surface area contributed by atoms with Gasteiger partial charge in [0.15, 0.2) is 6.04 Å². The van der Waals surface area contributed by atoms with Gasteiger partial charge in [-0.15, -0.1) is 0 Å². The van der Waals surface area contributed by atoms with Gasteiger partial charge in [-0.3, -0.25) is 4.79 Å². The van der Waals surface area contributed by atoms with Gasteiger partial charge in [-0.25, -0.2) is 9.59 Å². The molecule has 1 aromatic rings. The van der Waals surface area contributed by atoms with Crippen LogP contribution in [0.5, 0.6) is 0 Å². The number of carboxylic acid groups (broad SMARTS) is 1. The zero-order chi connectivity index (χ0) is 15.0. The standard InChI is InChI=1S/C13H17N3O4/c1-2-14-10(17)8-15-13(20)16-11(12(18)19)9-6-4-3-5-7-9/h3-7,11H,2,8H2,1H3,(H,14,17)(H,18,19)(H2,15,16,20)/t11-/m0/s1. The first-order valence-corrected chi connectivity index (χ1v) is 6.13. The minimum atomic E-state index is -1.18. The van der Waals surface area contributed by atoms with Crippen molar-refractivity contribution < 1.29 is 19.5 Å². The number of likely N-dealkylation sites (N-methyl/N-ethyl adjacent to an activating group) is 1. The Hall–Kier alpha value is -2.57. The van der Waals surface area contributed by atoms with Crippen molar-refractivity contribution in [3.8, 4) is 0 Å². The first-order chi connectivity index (χ1) is 9.54. The van der Waals surface area contributed by atoms with E-state index in [9.17, 15) is 14.4 Å². The highest BCUT2D eigenvalue weighted by Crippen LogP contribution is 2.12. The molecule has 0 saturated heterocycles. The van der Waals surface area contributed by atoms with Crippen molar-refractivity contribution in [1.29, 1.82) is 0 Å². The van der Waals surface area contributed by atoms with E-state index < -0.39 is 18.0 Å². The summed E-state index contributed by atoms with van der Waals surface area (Å²) in [5.74, 6) is -1.52. The summed E-state index contributed by atoms with van der Waals surface area (Å²) in [6.45, 7) is 2.01. The van der Waals surface area contributed by atoms with Gasteiger partial charge in [0.05, 0.1) is 6.54 Å². The third-order valence-electron chi connectivity index (χ3n) is 2.44. The molecule has 1 atom stereocenters. The summed E-state index contributed by atoms with van der Waals surface area (Å²) in [7, 11) is 0. The predicted octanol–water partition coefficient (Wildman–Crippen LogP) is 0.248. The van der Waals surface area contributed by atoms with Crippen LogP contribution >= 0.6 is 0 Å². The molecule has 4 N–H and O–H groups in total. The summed E-state index contributed by atoms with van der Waals surface area (Å²) in [4.78, 5) is 33.9. The molecule has 7 heteroatoms. The molecule has 0 unspecified atom stereocenters. The number of amides is 3. The lowest BCUT2D eigenvalue weighted by atomic mass is 10.1. The van der Waals surface area contributed by atoms with E-state index in [2.05, 4.69) is 16.0 Å². The maximum Gasteiger partial charge on any atom is 0.330 e. The monoisotopic (exact) mass is 279 g/mol. The van der Waals surface area contributed by atoms with Crippen molar-refractivity contribution in [2.75, 3.05) is 13.1 Å². The summed E-state index contributed by atoms with van der Waals surface area (Å²) >= 11 is 0. The molecule has 0 aliphatic rings. The Morgan fingerprint density at radius 2 is 1.80 bits per heavy atom. The number of carbonyl (C=O) groups excluding carboxylic acids is 2. The van der Waals surface area contributed by atoms with Crippen LogP contribution in [0.3, 0.4) is 0 Å². The number of hydrogen-bond acceptors (Lipinski definition) is 3. The van der Waals surface area contributed by atoms with Gasteiger partial charge in [0.25, 0.3) is 0 Å². The van der Waals surface area contributed by atoms with Crippen LogP contribution in [0.25, 0.3) is 0 Å². The molecule has 20 heavy (non-hydrogen) atoms. The number of aliphatic carboxylic acids is 1. The smallest absolute Gasteiger partial charge is 0.330 e. The van der Waals surface area contributed by atoms with Crippen LogP contribution in [0.15, 0.2) is 30.3 Å². The molecule has 0 aliphatic carbocycles. The minimum absolute atomic E-state index is 0.208. The predicted molar refractivity (Wildman–Crippen MR) is 72.0 cm³/mol. The normalized spacial score (nSPS) is 11.2. The molecular formula is C13H17N3O4. The molecule has 0 radical (unpaired) electrons. The second-order valence-corrected chi connectivity index (χ2v) is 3.96. The Morgan fingerprint density at radius 3 is 2.35 bits per heavy atom. The van der Waals surface area contributed by atoms with E-state index in [0.29, 0.717) is 12.1 Å². The Labute approximate surface area is 116 Å². The Kier molecular flexibility index (Phi) is 6.02. The topological polar surface area (TPSA) is 108 Å². The van der Waals surface area contributed by atoms with Crippen molar-refractivity contribution in [3.63, 3.8) is 0 Å². The summed E-state index contributed by atoms with van der Waals surface area (Å²) in [5.41, 5.74) is 0.452. The molecule has 0 heterocycles. The van der Waals surface area contributed by atoms with E-state index in [1.807, 2.05) is 0 Å². The average molecular weight is 279 g/mol. The van der Waals surface area contributed by atoms with Crippen LogP contribution < -0.4 is 16.0 Å². The molecule has 0 aromatic heterocycles. The van der Waals surface area contributed by atoms with Crippen molar-refractivity contribution in [2.45, 2.75) is 13.0 Å². The zero-order valence-corrected chi connectivity index (χ0v) is 11.1. The molecule has 1 aromatic carbocycles. The van der Waals surface area contributed by atoms with Crippen LogP contribution in [0.2, 0.25) is 0 Å². The van der Waals surface area contributed by atoms with Crippen molar-refractivity contribution in [2.24, 2.45) is 0 Å². The quantitative estimate of drug-likeness (QED) is 0.598. The van der Waals surface area contributed by atoms with Gasteiger partial charge in [0.2, 0.25) is 5.91 Å². The van der Waals surface area contributed by atoms with Gasteiger partial charge >= 0.3 is 12.0 Å². The molecule has 7 nitrogen and oxygen atoms in total. The highest BCUT2D eigenvalue weighted by molar-refractivity contribution is 5.87. The molecule has 3 amide bonds. The van der Waals surface area contributed by atoms with Gasteiger partial charge in [-0.1, -0.05) is 30.3 Å². The molecule has 1 rings (SSSR count). The first kappa shape index (κ1) is 15.5. The van der Waals surface area contributed by atoms with E-state index in [0.717, 1.165) is 0 Å². The van der Waals surface area contributed by atoms with E-state index >= 15 is 0 Å². The largest absolute Gasteiger partial charge is 0.479 e. The van der Waals surface area contributed by atoms with Crippen LogP contribution in [-0.2, 0) is 9.59 Å². The lowest BCUT2D eigenvalue weighted by molar-refractivity contribution is -0.139. The van der Waals surface area contributed by atoms with Crippen LogP contribution in [0, 0.1) is 0 Å². The second kappa shape index (κ2) is 7.78. The Balaban J connectivity index is 2.57. The number of hydrogen-bond donors (Lipinski definition) is 4. The highest BCUT2D eigenvalue weighted by Gasteiger charge is 2.21. The number of urea groups is 1. The number of carbonyl (C=O) groups is 3. The summed E-state index contributed by atoms with van der Waals surface area (Å²) < 4.78 is 0. The molecule has 0 fully saturated rings. The van der Waals surface area contributed by atoms with Crippen LogP contribution in [0.1, 0.15) is 18.5 Å². The molecule has 108 valence electrons. The third-order valence-corrected chi connectivity index (χ3v) is 2.44. The van der Waals surface area contributed by atoms with E-state index in [4.69, 9.17) is 5.11 Å². The number of carboxylic acids is 1. The van der Waals surface area contributed by atoms with Crippen molar-refractivity contribution in [3.05, 3.63) is 35.9 Å². The zero-order valence-electron chi connectivity index (χ0n) is 11.1. The van der Waals surface area contributed by atoms with E-state index in [-0.39, 0.29) is 12.5 Å². The molecule has 0 saturated carbocycles. The van der Waals surface area contributed by atoms with Gasteiger partial charge in [-0.05, 0) is 12.5 Å².